The number of aryl methyl sites for hydroxylation is 1. The molecule has 0 fully saturated rings. The molecule has 3 rings (SSSR count). The molecule has 1 aromatic carbocycles. The molecule has 134 valence electrons. The molecule has 2 amide bonds. The van der Waals surface area contributed by atoms with Crippen LogP contribution in [0, 0.1) is 12.8 Å². The van der Waals surface area contributed by atoms with Crippen molar-refractivity contribution in [1.29, 1.82) is 0 Å². The molecule has 7 nitrogen and oxygen atoms in total. The molecule has 7 heteroatoms. The molecule has 0 spiro atoms. The van der Waals surface area contributed by atoms with Crippen LogP contribution in [0.5, 0.6) is 0 Å². The summed E-state index contributed by atoms with van der Waals surface area (Å²) in [5.74, 6) is 0.00195. The fraction of sp³-hybridized carbons (Fsp3) is 0.263. The Kier molecular flexibility index (Phi) is 4.97. The minimum Gasteiger partial charge on any atom is -0.352 e. The molecule has 0 aliphatic heterocycles. The molecule has 0 unspecified atom stereocenters. The Morgan fingerprint density at radius 1 is 1.12 bits per heavy atom. The third kappa shape index (κ3) is 3.88. The number of hydrogen-bond acceptors (Lipinski definition) is 4. The van der Waals surface area contributed by atoms with Crippen molar-refractivity contribution in [3.05, 3.63) is 53.3 Å². The molecule has 2 aromatic heterocycles. The summed E-state index contributed by atoms with van der Waals surface area (Å²) in [6.07, 6.45) is 3.11. The first kappa shape index (κ1) is 17.6. The molecule has 0 bridgehead atoms. The van der Waals surface area contributed by atoms with Crippen molar-refractivity contribution in [2.24, 2.45) is 5.92 Å². The average molecular weight is 351 g/mol. The Morgan fingerprint density at radius 3 is 2.65 bits per heavy atom. The Balaban J connectivity index is 1.73. The number of carbonyl (C=O) groups excluding carboxylic acids is 2. The van der Waals surface area contributed by atoms with Gasteiger partial charge in [0, 0.05) is 24.0 Å². The van der Waals surface area contributed by atoms with E-state index in [1.807, 2.05) is 20.8 Å². The summed E-state index contributed by atoms with van der Waals surface area (Å²) in [4.78, 5) is 28.8. The highest BCUT2D eigenvalue weighted by Gasteiger charge is 2.12. The molecule has 2 heterocycles. The fourth-order valence-electron chi connectivity index (χ4n) is 2.49. The lowest BCUT2D eigenvalue weighted by Gasteiger charge is -2.11. The Bertz CT molecular complexity index is 961. The smallest absolute Gasteiger partial charge is 0.257 e. The highest BCUT2D eigenvalue weighted by molar-refractivity contribution is 6.06. The SMILES string of the molecule is Cc1cc(C(=O)NCC(C)C)ccc1NC(=O)c1cnc2cn[nH]c2c1. The van der Waals surface area contributed by atoms with Crippen molar-refractivity contribution in [2.45, 2.75) is 20.8 Å². The van der Waals surface area contributed by atoms with Crippen LogP contribution >= 0.6 is 0 Å². The number of aromatic amines is 1. The number of amides is 2. The van der Waals surface area contributed by atoms with E-state index in [1.165, 1.54) is 6.20 Å². The number of carbonyl (C=O) groups is 2. The summed E-state index contributed by atoms with van der Waals surface area (Å²) in [6, 6.07) is 6.91. The number of fused-ring (bicyclic) bond motifs is 1. The highest BCUT2D eigenvalue weighted by Crippen LogP contribution is 2.18. The molecule has 0 radical (unpaired) electrons. The lowest BCUT2D eigenvalue weighted by molar-refractivity contribution is 0.0948. The number of H-pyrrole nitrogens is 1. The summed E-state index contributed by atoms with van der Waals surface area (Å²) >= 11 is 0. The van der Waals surface area contributed by atoms with Gasteiger partial charge in [0.2, 0.25) is 0 Å². The van der Waals surface area contributed by atoms with Crippen LogP contribution < -0.4 is 10.6 Å². The maximum atomic E-state index is 12.5. The van der Waals surface area contributed by atoms with E-state index in [0.717, 1.165) is 5.56 Å². The van der Waals surface area contributed by atoms with Gasteiger partial charge in [-0.15, -0.1) is 0 Å². The van der Waals surface area contributed by atoms with E-state index in [0.29, 0.717) is 40.3 Å². The molecule has 0 aliphatic rings. The topological polar surface area (TPSA) is 99.8 Å². The third-order valence-corrected chi connectivity index (χ3v) is 3.96. The van der Waals surface area contributed by atoms with E-state index in [9.17, 15) is 9.59 Å². The second kappa shape index (κ2) is 7.35. The zero-order valence-electron chi connectivity index (χ0n) is 15.0. The normalized spacial score (nSPS) is 10.9. The summed E-state index contributed by atoms with van der Waals surface area (Å²) in [5, 5.41) is 12.4. The van der Waals surface area contributed by atoms with Gasteiger partial charge in [-0.25, -0.2) is 0 Å². The molecule has 3 N–H and O–H groups in total. The van der Waals surface area contributed by atoms with Gasteiger partial charge in [-0.3, -0.25) is 19.7 Å². The van der Waals surface area contributed by atoms with Gasteiger partial charge in [-0.2, -0.15) is 5.10 Å². The molecule has 0 aliphatic carbocycles. The summed E-state index contributed by atoms with van der Waals surface area (Å²) < 4.78 is 0. The predicted molar refractivity (Wildman–Crippen MR) is 100 cm³/mol. The van der Waals surface area contributed by atoms with E-state index in [2.05, 4.69) is 25.8 Å². The van der Waals surface area contributed by atoms with Crippen LogP contribution in [0.15, 0.2) is 36.7 Å². The number of hydrogen-bond donors (Lipinski definition) is 3. The quantitative estimate of drug-likeness (QED) is 0.658. The van der Waals surface area contributed by atoms with Crippen molar-refractivity contribution in [3.8, 4) is 0 Å². The first-order valence-corrected chi connectivity index (χ1v) is 8.43. The summed E-state index contributed by atoms with van der Waals surface area (Å²) in [5.41, 5.74) is 3.87. The van der Waals surface area contributed by atoms with Crippen molar-refractivity contribution < 1.29 is 9.59 Å². The predicted octanol–water partition coefficient (Wildman–Crippen LogP) is 2.90. The van der Waals surface area contributed by atoms with Gasteiger partial charge in [0.15, 0.2) is 0 Å². The van der Waals surface area contributed by atoms with Gasteiger partial charge >= 0.3 is 0 Å². The monoisotopic (exact) mass is 351 g/mol. The van der Waals surface area contributed by atoms with E-state index in [1.54, 1.807) is 30.5 Å². The van der Waals surface area contributed by atoms with Crippen LogP contribution in [-0.2, 0) is 0 Å². The van der Waals surface area contributed by atoms with Crippen molar-refractivity contribution in [2.75, 3.05) is 11.9 Å². The van der Waals surface area contributed by atoms with Gasteiger partial charge in [-0.05, 0) is 42.7 Å². The second-order valence-corrected chi connectivity index (χ2v) is 6.61. The Labute approximate surface area is 151 Å². The minimum absolute atomic E-state index is 0.117. The Hall–Kier alpha value is -3.22. The maximum Gasteiger partial charge on any atom is 0.257 e. The van der Waals surface area contributed by atoms with E-state index in [4.69, 9.17) is 0 Å². The molecule has 3 aromatic rings. The zero-order valence-corrected chi connectivity index (χ0v) is 15.0. The number of rotatable bonds is 5. The zero-order chi connectivity index (χ0) is 18.7. The number of nitrogens with zero attached hydrogens (tertiary/aromatic N) is 2. The van der Waals surface area contributed by atoms with Crippen molar-refractivity contribution in [1.82, 2.24) is 20.5 Å². The lowest BCUT2D eigenvalue weighted by Crippen LogP contribution is -2.27. The van der Waals surface area contributed by atoms with Crippen LogP contribution in [0.25, 0.3) is 11.0 Å². The number of anilines is 1. The van der Waals surface area contributed by atoms with Crippen molar-refractivity contribution >= 4 is 28.5 Å². The highest BCUT2D eigenvalue weighted by atomic mass is 16.2. The fourth-order valence-corrected chi connectivity index (χ4v) is 2.49. The second-order valence-electron chi connectivity index (χ2n) is 6.61. The first-order valence-electron chi connectivity index (χ1n) is 8.43. The van der Waals surface area contributed by atoms with Gasteiger partial charge < -0.3 is 10.6 Å². The van der Waals surface area contributed by atoms with Gasteiger partial charge in [0.05, 0.1) is 17.3 Å². The molecule has 0 saturated carbocycles. The number of benzene rings is 1. The van der Waals surface area contributed by atoms with Gasteiger partial charge in [0.1, 0.15) is 5.52 Å². The van der Waals surface area contributed by atoms with E-state index >= 15 is 0 Å². The number of pyridine rings is 1. The third-order valence-electron chi connectivity index (χ3n) is 3.96. The molecular formula is C19H21N5O2. The van der Waals surface area contributed by atoms with Crippen LogP contribution in [0.4, 0.5) is 5.69 Å². The van der Waals surface area contributed by atoms with Crippen LogP contribution in [0.2, 0.25) is 0 Å². The summed E-state index contributed by atoms with van der Waals surface area (Å²) in [7, 11) is 0. The van der Waals surface area contributed by atoms with Crippen LogP contribution in [0.3, 0.4) is 0 Å². The summed E-state index contributed by atoms with van der Waals surface area (Å²) in [6.45, 7) is 6.56. The number of aromatic nitrogens is 3. The minimum atomic E-state index is -0.269. The average Bonchev–Trinajstić information content (AvgIpc) is 3.08. The van der Waals surface area contributed by atoms with E-state index < -0.39 is 0 Å². The number of nitrogens with one attached hydrogen (secondary N) is 3. The molecule has 0 saturated heterocycles. The van der Waals surface area contributed by atoms with Gasteiger partial charge in [-0.1, -0.05) is 13.8 Å². The van der Waals surface area contributed by atoms with Crippen LogP contribution in [-0.4, -0.2) is 33.5 Å². The lowest BCUT2D eigenvalue weighted by atomic mass is 10.1. The Morgan fingerprint density at radius 2 is 1.92 bits per heavy atom. The van der Waals surface area contributed by atoms with Crippen molar-refractivity contribution in [3.63, 3.8) is 0 Å². The molecule has 0 atom stereocenters. The largest absolute Gasteiger partial charge is 0.352 e. The van der Waals surface area contributed by atoms with Gasteiger partial charge in [0.25, 0.3) is 11.8 Å². The molecule has 26 heavy (non-hydrogen) atoms. The molecular weight excluding hydrogens is 330 g/mol. The standard InChI is InChI=1S/C19H21N5O2/c1-11(2)8-21-18(25)13-4-5-15(12(3)6-13)23-19(26)14-7-16-17(20-9-14)10-22-24-16/h4-7,9-11H,8H2,1-3H3,(H,21,25)(H,22,24)(H,23,26). The first-order chi connectivity index (χ1) is 12.4. The van der Waals surface area contributed by atoms with E-state index in [-0.39, 0.29) is 11.8 Å². The maximum absolute atomic E-state index is 12.5. The van der Waals surface area contributed by atoms with Crippen LogP contribution in [0.1, 0.15) is 40.1 Å².